The Morgan fingerprint density at radius 1 is 1.19 bits per heavy atom. The topological polar surface area (TPSA) is 59.0 Å². The van der Waals surface area contributed by atoms with Gasteiger partial charge in [0.05, 0.1) is 11.6 Å². The van der Waals surface area contributed by atoms with Gasteiger partial charge in [-0.2, -0.15) is 5.26 Å². The van der Waals surface area contributed by atoms with Crippen LogP contribution in [0.1, 0.15) is 29.7 Å². The summed E-state index contributed by atoms with van der Waals surface area (Å²) < 4.78 is 32.1. The monoisotopic (exact) mass is 288 g/mol. The van der Waals surface area contributed by atoms with Crippen molar-refractivity contribution in [3.63, 3.8) is 0 Å². The van der Waals surface area contributed by atoms with Crippen LogP contribution in [-0.2, 0) is 6.61 Å². The number of nitriles is 1. The van der Waals surface area contributed by atoms with E-state index in [1.807, 2.05) is 6.07 Å². The average molecular weight is 288 g/mol. The van der Waals surface area contributed by atoms with Gasteiger partial charge in [-0.05, 0) is 31.2 Å². The third-order valence-corrected chi connectivity index (χ3v) is 3.04. The number of rotatable bonds is 4. The smallest absolute Gasteiger partial charge is 0.127 e. The number of halogens is 2. The zero-order chi connectivity index (χ0) is 15.4. The molecule has 1 atom stereocenters. The Labute approximate surface area is 121 Å². The molecule has 0 radical (unpaired) electrons. The van der Waals surface area contributed by atoms with Gasteiger partial charge in [0.2, 0.25) is 0 Å². The van der Waals surface area contributed by atoms with Gasteiger partial charge in [0, 0.05) is 23.2 Å². The molecule has 1 unspecified atom stereocenters. The molecule has 2 aromatic carbocycles. The second kappa shape index (κ2) is 6.33. The number of nitrogens with two attached hydrogens (primary N) is 1. The van der Waals surface area contributed by atoms with Crippen molar-refractivity contribution in [2.45, 2.75) is 19.6 Å². The molecule has 5 heteroatoms. The summed E-state index contributed by atoms with van der Waals surface area (Å²) in [6, 6.07) is 9.52. The molecule has 0 spiro atoms. The van der Waals surface area contributed by atoms with Crippen molar-refractivity contribution in [2.24, 2.45) is 5.73 Å². The second-order valence-electron chi connectivity index (χ2n) is 4.67. The largest absolute Gasteiger partial charge is 0.488 e. The van der Waals surface area contributed by atoms with Gasteiger partial charge in [-0.3, -0.25) is 0 Å². The van der Waals surface area contributed by atoms with Gasteiger partial charge in [0.25, 0.3) is 0 Å². The minimum Gasteiger partial charge on any atom is -0.488 e. The molecule has 0 saturated carbocycles. The first-order chi connectivity index (χ1) is 10.0. The Morgan fingerprint density at radius 3 is 2.52 bits per heavy atom. The van der Waals surface area contributed by atoms with Crippen molar-refractivity contribution < 1.29 is 13.5 Å². The predicted octanol–water partition coefficient (Wildman–Crippen LogP) is 3.44. The van der Waals surface area contributed by atoms with E-state index in [4.69, 9.17) is 15.7 Å². The van der Waals surface area contributed by atoms with Crippen molar-refractivity contribution in [3.8, 4) is 11.8 Å². The number of nitrogens with zero attached hydrogens (tertiary/aromatic N) is 1. The molecular weight excluding hydrogens is 274 g/mol. The Kier molecular flexibility index (Phi) is 4.51. The maximum absolute atomic E-state index is 13.3. The Morgan fingerprint density at radius 2 is 1.86 bits per heavy atom. The molecule has 0 fully saturated rings. The van der Waals surface area contributed by atoms with Gasteiger partial charge in [-0.25, -0.2) is 8.78 Å². The van der Waals surface area contributed by atoms with Crippen LogP contribution in [0.2, 0.25) is 0 Å². The van der Waals surface area contributed by atoms with Gasteiger partial charge >= 0.3 is 0 Å². The van der Waals surface area contributed by atoms with E-state index in [1.54, 1.807) is 13.0 Å². The van der Waals surface area contributed by atoms with Crippen molar-refractivity contribution in [2.75, 3.05) is 0 Å². The molecule has 3 nitrogen and oxygen atoms in total. The third-order valence-electron chi connectivity index (χ3n) is 3.04. The highest BCUT2D eigenvalue weighted by atomic mass is 19.1. The fraction of sp³-hybridized carbons (Fsp3) is 0.188. The van der Waals surface area contributed by atoms with Crippen LogP contribution in [0.25, 0.3) is 0 Å². The highest BCUT2D eigenvalue weighted by Crippen LogP contribution is 2.26. The standard InChI is InChI=1S/C16H14F2N2O/c1-10(20)15-5-4-14(18)7-16(15)21-9-12-6-13(17)3-2-11(12)8-19/h2-7,10H,9,20H2,1H3. The van der Waals surface area contributed by atoms with Gasteiger partial charge in [-0.1, -0.05) is 6.07 Å². The predicted molar refractivity (Wildman–Crippen MR) is 74.4 cm³/mol. The minimum atomic E-state index is -0.459. The molecule has 2 aromatic rings. The van der Waals surface area contributed by atoms with E-state index >= 15 is 0 Å². The van der Waals surface area contributed by atoms with E-state index < -0.39 is 11.6 Å². The number of hydrogen-bond donors (Lipinski definition) is 1. The molecule has 0 heterocycles. The fourth-order valence-electron chi connectivity index (χ4n) is 1.96. The summed E-state index contributed by atoms with van der Waals surface area (Å²) in [4.78, 5) is 0. The van der Waals surface area contributed by atoms with E-state index in [2.05, 4.69) is 0 Å². The highest BCUT2D eigenvalue weighted by molar-refractivity contribution is 5.39. The lowest BCUT2D eigenvalue weighted by atomic mass is 10.1. The normalized spacial score (nSPS) is 11.8. The van der Waals surface area contributed by atoms with Crippen LogP contribution in [0.3, 0.4) is 0 Å². The molecule has 2 N–H and O–H groups in total. The summed E-state index contributed by atoms with van der Waals surface area (Å²) in [5.41, 5.74) is 7.16. The molecule has 0 aliphatic heterocycles. The van der Waals surface area contributed by atoms with Gasteiger partial charge in [0.1, 0.15) is 24.0 Å². The minimum absolute atomic E-state index is 0.0379. The molecule has 0 saturated heterocycles. The quantitative estimate of drug-likeness (QED) is 0.937. The van der Waals surface area contributed by atoms with Crippen LogP contribution in [0.15, 0.2) is 36.4 Å². The van der Waals surface area contributed by atoms with Crippen molar-refractivity contribution in [3.05, 3.63) is 64.7 Å². The van der Waals surface area contributed by atoms with E-state index in [9.17, 15) is 8.78 Å². The summed E-state index contributed by atoms with van der Waals surface area (Å²) in [6.07, 6.45) is 0. The molecule has 21 heavy (non-hydrogen) atoms. The van der Waals surface area contributed by atoms with E-state index in [0.29, 0.717) is 16.7 Å². The maximum atomic E-state index is 13.3. The third kappa shape index (κ3) is 3.56. The Balaban J connectivity index is 2.26. The lowest BCUT2D eigenvalue weighted by Gasteiger charge is -2.14. The van der Waals surface area contributed by atoms with Crippen molar-refractivity contribution in [1.82, 2.24) is 0 Å². The van der Waals surface area contributed by atoms with Crippen LogP contribution in [-0.4, -0.2) is 0 Å². The van der Waals surface area contributed by atoms with Crippen LogP contribution in [0.4, 0.5) is 8.78 Å². The number of benzene rings is 2. The first kappa shape index (κ1) is 14.9. The molecule has 0 aliphatic carbocycles. The van der Waals surface area contributed by atoms with Crippen LogP contribution < -0.4 is 10.5 Å². The van der Waals surface area contributed by atoms with E-state index in [1.165, 1.54) is 30.3 Å². The fourth-order valence-corrected chi connectivity index (χ4v) is 1.96. The summed E-state index contributed by atoms with van der Waals surface area (Å²) in [7, 11) is 0. The lowest BCUT2D eigenvalue weighted by Crippen LogP contribution is -2.09. The molecule has 0 aromatic heterocycles. The summed E-state index contributed by atoms with van der Waals surface area (Å²) in [5, 5.41) is 8.99. The first-order valence-electron chi connectivity index (χ1n) is 6.37. The molecule has 2 rings (SSSR count). The summed E-state index contributed by atoms with van der Waals surface area (Å²) in [5.74, 6) is -0.619. The molecule has 0 aliphatic rings. The van der Waals surface area contributed by atoms with Crippen LogP contribution in [0.5, 0.6) is 5.75 Å². The van der Waals surface area contributed by atoms with Gasteiger partial charge in [-0.15, -0.1) is 0 Å². The average Bonchev–Trinajstić information content (AvgIpc) is 2.45. The highest BCUT2D eigenvalue weighted by Gasteiger charge is 2.11. The van der Waals surface area contributed by atoms with Crippen molar-refractivity contribution >= 4 is 0 Å². The zero-order valence-corrected chi connectivity index (χ0v) is 11.4. The van der Waals surface area contributed by atoms with E-state index in [-0.39, 0.29) is 18.4 Å². The Bertz CT molecular complexity index is 693. The van der Waals surface area contributed by atoms with Gasteiger partial charge < -0.3 is 10.5 Å². The summed E-state index contributed by atoms with van der Waals surface area (Å²) >= 11 is 0. The lowest BCUT2D eigenvalue weighted by molar-refractivity contribution is 0.299. The SMILES string of the molecule is CC(N)c1ccc(F)cc1OCc1cc(F)ccc1C#N. The van der Waals surface area contributed by atoms with Crippen LogP contribution in [0, 0.1) is 23.0 Å². The van der Waals surface area contributed by atoms with Gasteiger partial charge in [0.15, 0.2) is 0 Å². The van der Waals surface area contributed by atoms with Crippen molar-refractivity contribution in [1.29, 1.82) is 5.26 Å². The molecular formula is C16H14F2N2O. The number of ether oxygens (including phenoxy) is 1. The molecule has 0 amide bonds. The molecule has 0 bridgehead atoms. The van der Waals surface area contributed by atoms with E-state index in [0.717, 1.165) is 0 Å². The first-order valence-corrected chi connectivity index (χ1v) is 6.37. The zero-order valence-electron chi connectivity index (χ0n) is 11.4. The second-order valence-corrected chi connectivity index (χ2v) is 4.67. The van der Waals surface area contributed by atoms with Crippen LogP contribution >= 0.6 is 0 Å². The maximum Gasteiger partial charge on any atom is 0.127 e. The Hall–Kier alpha value is -2.45. The molecule has 108 valence electrons. The summed E-state index contributed by atoms with van der Waals surface area (Å²) in [6.45, 7) is 1.72. The number of hydrogen-bond acceptors (Lipinski definition) is 3.